The quantitative estimate of drug-likeness (QED) is 0.472. The van der Waals surface area contributed by atoms with E-state index in [9.17, 15) is 18.0 Å². The van der Waals surface area contributed by atoms with E-state index < -0.39 is 12.3 Å². The van der Waals surface area contributed by atoms with Crippen LogP contribution in [0.3, 0.4) is 0 Å². The maximum Gasteiger partial charge on any atom is 0.573 e. The normalized spacial score (nSPS) is 10.8. The number of carbonyl (C=O) groups is 1. The van der Waals surface area contributed by atoms with Crippen LogP contribution in [0.25, 0.3) is 5.82 Å². The van der Waals surface area contributed by atoms with Gasteiger partial charge in [-0.1, -0.05) is 17.5 Å². The molecule has 0 atom stereocenters. The molecular formula is C19H11ClF3N3O3. The first-order valence-electron chi connectivity index (χ1n) is 7.94. The molecule has 2 heterocycles. The molecule has 0 amide bonds. The van der Waals surface area contributed by atoms with Gasteiger partial charge in [0.25, 0.3) is 0 Å². The summed E-state index contributed by atoms with van der Waals surface area (Å²) < 4.78 is 46.4. The van der Waals surface area contributed by atoms with Gasteiger partial charge < -0.3 is 9.47 Å². The number of hydrogen-bond donors (Lipinski definition) is 0. The van der Waals surface area contributed by atoms with Crippen molar-refractivity contribution >= 4 is 17.6 Å². The molecule has 6 nitrogen and oxygen atoms in total. The smallest absolute Gasteiger partial charge is 0.464 e. The number of methoxy groups -OCH3 is 1. The Bertz CT molecular complexity index is 1100. The maximum absolute atomic E-state index is 12.2. The third-order valence-corrected chi connectivity index (χ3v) is 3.76. The number of halogens is 4. The predicted octanol–water partition coefficient (Wildman–Crippen LogP) is 4.01. The van der Waals surface area contributed by atoms with E-state index in [0.29, 0.717) is 5.56 Å². The number of esters is 1. The van der Waals surface area contributed by atoms with Crippen LogP contribution in [0.4, 0.5) is 13.2 Å². The standard InChI is InChI=1S/C19H11ClF3N3O3/c1-28-18(27)16-11-13(25-26(16)17-15(20)3-2-10-24-17)7-4-12-5-8-14(9-6-12)29-19(21,22)23/h2-3,5-6,8-11H,1H3. The summed E-state index contributed by atoms with van der Waals surface area (Å²) in [7, 11) is 1.22. The van der Waals surface area contributed by atoms with Crippen molar-refractivity contribution < 1.29 is 27.4 Å². The highest BCUT2D eigenvalue weighted by molar-refractivity contribution is 6.32. The lowest BCUT2D eigenvalue weighted by Crippen LogP contribution is -2.16. The van der Waals surface area contributed by atoms with E-state index in [2.05, 4.69) is 26.7 Å². The van der Waals surface area contributed by atoms with Crippen molar-refractivity contribution in [3.05, 3.63) is 70.6 Å². The van der Waals surface area contributed by atoms with Gasteiger partial charge in [0.15, 0.2) is 11.5 Å². The minimum atomic E-state index is -4.77. The molecular weight excluding hydrogens is 411 g/mol. The summed E-state index contributed by atoms with van der Waals surface area (Å²) in [5.41, 5.74) is 0.693. The predicted molar refractivity (Wildman–Crippen MR) is 96.8 cm³/mol. The van der Waals surface area contributed by atoms with Crippen LogP contribution in [0.2, 0.25) is 5.02 Å². The van der Waals surface area contributed by atoms with Crippen LogP contribution in [-0.2, 0) is 4.74 Å². The third-order valence-electron chi connectivity index (χ3n) is 3.47. The summed E-state index contributed by atoms with van der Waals surface area (Å²) >= 11 is 6.12. The zero-order valence-electron chi connectivity index (χ0n) is 14.7. The first kappa shape index (κ1) is 20.2. The molecule has 0 saturated carbocycles. The Labute approximate surface area is 167 Å². The van der Waals surface area contributed by atoms with Gasteiger partial charge in [0, 0.05) is 17.8 Å². The molecule has 0 fully saturated rings. The van der Waals surface area contributed by atoms with Gasteiger partial charge in [0.1, 0.15) is 11.4 Å². The van der Waals surface area contributed by atoms with E-state index in [0.717, 1.165) is 12.1 Å². The lowest BCUT2D eigenvalue weighted by molar-refractivity contribution is -0.274. The summed E-state index contributed by atoms with van der Waals surface area (Å²) in [6.07, 6.45) is -3.28. The van der Waals surface area contributed by atoms with Crippen molar-refractivity contribution in [3.8, 4) is 23.4 Å². The van der Waals surface area contributed by atoms with Crippen LogP contribution < -0.4 is 4.74 Å². The van der Waals surface area contributed by atoms with Gasteiger partial charge in [-0.25, -0.2) is 14.5 Å². The minimum Gasteiger partial charge on any atom is -0.464 e. The van der Waals surface area contributed by atoms with Gasteiger partial charge in [-0.05, 0) is 42.3 Å². The zero-order valence-corrected chi connectivity index (χ0v) is 15.5. The number of hydrogen-bond acceptors (Lipinski definition) is 5. The Hall–Kier alpha value is -3.51. The second-order valence-electron chi connectivity index (χ2n) is 5.45. The lowest BCUT2D eigenvalue weighted by atomic mass is 10.2. The van der Waals surface area contributed by atoms with E-state index in [1.807, 2.05) is 0 Å². The SMILES string of the molecule is COC(=O)c1cc(C#Cc2ccc(OC(F)(F)F)cc2)nn1-c1ncccc1Cl. The average Bonchev–Trinajstić information content (AvgIpc) is 3.10. The number of aromatic nitrogens is 3. The summed E-state index contributed by atoms with van der Waals surface area (Å²) in [4.78, 5) is 16.2. The van der Waals surface area contributed by atoms with Gasteiger partial charge in [-0.2, -0.15) is 5.10 Å². The molecule has 3 rings (SSSR count). The van der Waals surface area contributed by atoms with Crippen LogP contribution in [0.15, 0.2) is 48.7 Å². The highest BCUT2D eigenvalue weighted by Crippen LogP contribution is 2.23. The molecule has 3 aromatic rings. The lowest BCUT2D eigenvalue weighted by Gasteiger charge is -2.07. The summed E-state index contributed by atoms with van der Waals surface area (Å²) in [6.45, 7) is 0. The fraction of sp³-hybridized carbons (Fsp3) is 0.105. The van der Waals surface area contributed by atoms with E-state index >= 15 is 0 Å². The fourth-order valence-corrected chi connectivity index (χ4v) is 2.46. The summed E-state index contributed by atoms with van der Waals surface area (Å²) in [5, 5.41) is 4.48. The average molecular weight is 422 g/mol. The first-order valence-corrected chi connectivity index (χ1v) is 8.32. The van der Waals surface area contributed by atoms with Gasteiger partial charge in [-0.3, -0.25) is 0 Å². The molecule has 0 unspecified atom stereocenters. The first-order chi connectivity index (χ1) is 13.8. The number of pyridine rings is 1. The minimum absolute atomic E-state index is 0.0614. The monoisotopic (exact) mass is 421 g/mol. The van der Waals surface area contributed by atoms with E-state index in [-0.39, 0.29) is 28.0 Å². The van der Waals surface area contributed by atoms with Gasteiger partial charge in [-0.15, -0.1) is 13.2 Å². The highest BCUT2D eigenvalue weighted by atomic mass is 35.5. The number of ether oxygens (including phenoxy) is 2. The van der Waals surface area contributed by atoms with E-state index in [4.69, 9.17) is 16.3 Å². The fourth-order valence-electron chi connectivity index (χ4n) is 2.26. The topological polar surface area (TPSA) is 66.2 Å². The number of rotatable bonds is 3. The summed E-state index contributed by atoms with van der Waals surface area (Å²) in [6, 6.07) is 9.62. The number of nitrogens with zero attached hydrogens (tertiary/aromatic N) is 3. The molecule has 0 aliphatic carbocycles. The van der Waals surface area contributed by atoms with Crippen LogP contribution in [0.1, 0.15) is 21.7 Å². The Morgan fingerprint density at radius 1 is 1.17 bits per heavy atom. The van der Waals surface area contributed by atoms with Crippen LogP contribution >= 0.6 is 11.6 Å². The molecule has 1 aromatic carbocycles. The van der Waals surface area contributed by atoms with Crippen LogP contribution in [0, 0.1) is 11.8 Å². The molecule has 0 saturated heterocycles. The van der Waals surface area contributed by atoms with Crippen molar-refractivity contribution in [2.45, 2.75) is 6.36 Å². The Kier molecular flexibility index (Phi) is 5.75. The van der Waals surface area contributed by atoms with E-state index in [1.54, 1.807) is 12.1 Å². The van der Waals surface area contributed by atoms with Crippen molar-refractivity contribution in [2.75, 3.05) is 7.11 Å². The molecule has 0 bridgehead atoms. The van der Waals surface area contributed by atoms with Crippen molar-refractivity contribution in [3.63, 3.8) is 0 Å². The third kappa shape index (κ3) is 5.06. The maximum atomic E-state index is 12.2. The Morgan fingerprint density at radius 3 is 2.52 bits per heavy atom. The van der Waals surface area contributed by atoms with E-state index in [1.165, 1.54) is 36.2 Å². The van der Waals surface area contributed by atoms with Gasteiger partial charge in [0.05, 0.1) is 12.1 Å². The largest absolute Gasteiger partial charge is 0.573 e. The molecule has 0 radical (unpaired) electrons. The summed E-state index contributed by atoms with van der Waals surface area (Å²) in [5.74, 6) is 4.68. The molecule has 29 heavy (non-hydrogen) atoms. The number of carbonyl (C=O) groups excluding carboxylic acids is 1. The van der Waals surface area contributed by atoms with Crippen LogP contribution in [0.5, 0.6) is 5.75 Å². The number of benzene rings is 1. The van der Waals surface area contributed by atoms with Crippen molar-refractivity contribution in [2.24, 2.45) is 0 Å². The van der Waals surface area contributed by atoms with Crippen molar-refractivity contribution in [1.82, 2.24) is 14.8 Å². The Morgan fingerprint density at radius 2 is 1.90 bits per heavy atom. The van der Waals surface area contributed by atoms with Gasteiger partial charge in [0.2, 0.25) is 0 Å². The Balaban J connectivity index is 1.91. The second-order valence-corrected chi connectivity index (χ2v) is 5.86. The van der Waals surface area contributed by atoms with Crippen molar-refractivity contribution in [1.29, 1.82) is 0 Å². The zero-order chi connectivity index (χ0) is 21.0. The number of alkyl halides is 3. The molecule has 10 heteroatoms. The van der Waals surface area contributed by atoms with Crippen LogP contribution in [-0.4, -0.2) is 34.2 Å². The molecule has 148 valence electrons. The second kappa shape index (κ2) is 8.24. The highest BCUT2D eigenvalue weighted by Gasteiger charge is 2.30. The molecule has 0 N–H and O–H groups in total. The van der Waals surface area contributed by atoms with Gasteiger partial charge >= 0.3 is 12.3 Å². The molecule has 0 aliphatic rings. The molecule has 2 aromatic heterocycles. The molecule has 0 spiro atoms. The molecule has 0 aliphatic heterocycles.